The third-order valence-electron chi connectivity index (χ3n) is 3.15. The number of benzene rings is 1. The van der Waals surface area contributed by atoms with E-state index in [0.717, 1.165) is 0 Å². The number of allylic oxidation sites excluding steroid dienone is 1. The van der Waals surface area contributed by atoms with Crippen molar-refractivity contribution < 1.29 is 19.1 Å². The molecule has 0 N–H and O–H groups in total. The highest BCUT2D eigenvalue weighted by Gasteiger charge is 2.32. The molecule has 2 atom stereocenters. The molecule has 0 saturated carbocycles. The van der Waals surface area contributed by atoms with Crippen molar-refractivity contribution in [2.75, 3.05) is 7.11 Å². The molecule has 2 rings (SSSR count). The average Bonchev–Trinajstić information content (AvgIpc) is 2.48. The van der Waals surface area contributed by atoms with E-state index in [4.69, 9.17) is 9.47 Å². The predicted molar refractivity (Wildman–Crippen MR) is 69.5 cm³/mol. The maximum Gasteiger partial charge on any atom is 0.338 e. The molecule has 0 aromatic heterocycles. The highest BCUT2D eigenvalue weighted by Crippen LogP contribution is 2.24. The summed E-state index contributed by atoms with van der Waals surface area (Å²) >= 11 is 0. The summed E-state index contributed by atoms with van der Waals surface area (Å²) in [4.78, 5) is 23.6. The van der Waals surface area contributed by atoms with Crippen LogP contribution in [0.3, 0.4) is 0 Å². The van der Waals surface area contributed by atoms with E-state index < -0.39 is 18.0 Å². The van der Waals surface area contributed by atoms with Crippen LogP contribution in [0.4, 0.5) is 0 Å². The first-order valence-electron chi connectivity index (χ1n) is 6.21. The van der Waals surface area contributed by atoms with Crippen molar-refractivity contribution in [2.24, 2.45) is 5.92 Å². The molecule has 0 saturated heterocycles. The highest BCUT2D eigenvalue weighted by atomic mass is 16.6. The number of carbonyl (C=O) groups excluding carboxylic acids is 2. The molecule has 0 aliphatic heterocycles. The molecular weight excluding hydrogens is 244 g/mol. The molecule has 0 spiro atoms. The van der Waals surface area contributed by atoms with E-state index in [0.29, 0.717) is 18.4 Å². The predicted octanol–water partition coefficient (Wildman–Crippen LogP) is 2.35. The second-order valence-corrected chi connectivity index (χ2v) is 4.38. The Labute approximate surface area is 112 Å². The van der Waals surface area contributed by atoms with Gasteiger partial charge in [-0.25, -0.2) is 4.79 Å². The Kier molecular flexibility index (Phi) is 4.34. The van der Waals surface area contributed by atoms with Crippen molar-refractivity contribution >= 4 is 11.9 Å². The Bertz CT molecular complexity index is 478. The molecule has 19 heavy (non-hydrogen) atoms. The van der Waals surface area contributed by atoms with Gasteiger partial charge < -0.3 is 9.47 Å². The monoisotopic (exact) mass is 260 g/mol. The summed E-state index contributed by atoms with van der Waals surface area (Å²) in [6.45, 7) is 0. The molecule has 1 aromatic rings. The number of hydrogen-bond acceptors (Lipinski definition) is 4. The van der Waals surface area contributed by atoms with Crippen LogP contribution in [0.1, 0.15) is 23.2 Å². The summed E-state index contributed by atoms with van der Waals surface area (Å²) in [6.07, 6.45) is 4.46. The van der Waals surface area contributed by atoms with Crippen LogP contribution in [-0.2, 0) is 14.3 Å². The fraction of sp³-hybridized carbons (Fsp3) is 0.333. The second kappa shape index (κ2) is 6.18. The van der Waals surface area contributed by atoms with E-state index in [-0.39, 0.29) is 5.97 Å². The number of methoxy groups -OCH3 is 1. The molecular formula is C15H16O4. The van der Waals surface area contributed by atoms with E-state index in [1.54, 1.807) is 24.3 Å². The van der Waals surface area contributed by atoms with Crippen LogP contribution in [0.25, 0.3) is 0 Å². The van der Waals surface area contributed by atoms with E-state index in [1.165, 1.54) is 7.11 Å². The van der Waals surface area contributed by atoms with E-state index in [9.17, 15) is 9.59 Å². The number of carbonyl (C=O) groups is 2. The summed E-state index contributed by atoms with van der Waals surface area (Å²) in [5.74, 6) is -1.16. The number of hydrogen-bond donors (Lipinski definition) is 0. The maximum absolute atomic E-state index is 12.0. The highest BCUT2D eigenvalue weighted by molar-refractivity contribution is 5.89. The Morgan fingerprint density at radius 3 is 2.47 bits per heavy atom. The van der Waals surface area contributed by atoms with Crippen LogP contribution >= 0.6 is 0 Å². The van der Waals surface area contributed by atoms with Gasteiger partial charge in [-0.05, 0) is 18.6 Å². The average molecular weight is 260 g/mol. The SMILES string of the molecule is COC(=O)C1CC=CCC1OC(=O)c1ccccc1. The third kappa shape index (κ3) is 3.22. The van der Waals surface area contributed by atoms with Crippen molar-refractivity contribution in [3.63, 3.8) is 0 Å². The fourth-order valence-electron chi connectivity index (χ4n) is 2.10. The lowest BCUT2D eigenvalue weighted by atomic mass is 9.91. The van der Waals surface area contributed by atoms with Gasteiger partial charge in [0.1, 0.15) is 6.10 Å². The molecule has 2 unspecified atom stereocenters. The van der Waals surface area contributed by atoms with Gasteiger partial charge in [0.15, 0.2) is 0 Å². The number of ether oxygens (including phenoxy) is 2. The minimum Gasteiger partial charge on any atom is -0.469 e. The molecule has 0 bridgehead atoms. The quantitative estimate of drug-likeness (QED) is 0.618. The molecule has 0 radical (unpaired) electrons. The first kappa shape index (κ1) is 13.3. The summed E-state index contributed by atoms with van der Waals surface area (Å²) in [5.41, 5.74) is 0.487. The molecule has 1 aromatic carbocycles. The normalized spacial score (nSPS) is 21.7. The molecule has 4 nitrogen and oxygen atoms in total. The minimum atomic E-state index is -0.454. The van der Waals surface area contributed by atoms with Gasteiger partial charge in [-0.2, -0.15) is 0 Å². The zero-order chi connectivity index (χ0) is 13.7. The van der Waals surface area contributed by atoms with Crippen LogP contribution in [0.5, 0.6) is 0 Å². The van der Waals surface area contributed by atoms with Gasteiger partial charge >= 0.3 is 11.9 Å². The van der Waals surface area contributed by atoms with Gasteiger partial charge in [-0.1, -0.05) is 30.4 Å². The number of esters is 2. The van der Waals surface area contributed by atoms with Crippen LogP contribution in [-0.4, -0.2) is 25.2 Å². The Morgan fingerprint density at radius 2 is 1.79 bits per heavy atom. The van der Waals surface area contributed by atoms with Crippen LogP contribution in [0, 0.1) is 5.92 Å². The van der Waals surface area contributed by atoms with Gasteiger partial charge in [-0.3, -0.25) is 4.79 Å². The summed E-state index contributed by atoms with van der Waals surface area (Å²) in [7, 11) is 1.34. The summed E-state index contributed by atoms with van der Waals surface area (Å²) in [6, 6.07) is 8.75. The molecule has 100 valence electrons. The molecule has 0 fully saturated rings. The first-order valence-corrected chi connectivity index (χ1v) is 6.21. The zero-order valence-electron chi connectivity index (χ0n) is 10.7. The van der Waals surface area contributed by atoms with Crippen molar-refractivity contribution in [2.45, 2.75) is 18.9 Å². The third-order valence-corrected chi connectivity index (χ3v) is 3.15. The summed E-state index contributed by atoms with van der Waals surface area (Å²) in [5, 5.41) is 0. The Morgan fingerprint density at radius 1 is 1.11 bits per heavy atom. The molecule has 1 aliphatic carbocycles. The first-order chi connectivity index (χ1) is 9.22. The molecule has 4 heteroatoms. The topological polar surface area (TPSA) is 52.6 Å². The molecule has 1 aliphatic rings. The molecule has 0 heterocycles. The fourth-order valence-corrected chi connectivity index (χ4v) is 2.10. The van der Waals surface area contributed by atoms with Crippen LogP contribution < -0.4 is 0 Å². The number of rotatable bonds is 3. The zero-order valence-corrected chi connectivity index (χ0v) is 10.7. The summed E-state index contributed by atoms with van der Waals surface area (Å²) < 4.78 is 10.2. The van der Waals surface area contributed by atoms with Gasteiger partial charge in [-0.15, -0.1) is 0 Å². The lowest BCUT2D eigenvalue weighted by Crippen LogP contribution is -2.34. The van der Waals surface area contributed by atoms with Gasteiger partial charge in [0.05, 0.1) is 18.6 Å². The van der Waals surface area contributed by atoms with Crippen LogP contribution in [0.15, 0.2) is 42.5 Å². The smallest absolute Gasteiger partial charge is 0.338 e. The minimum absolute atomic E-state index is 0.338. The van der Waals surface area contributed by atoms with Crippen molar-refractivity contribution in [3.8, 4) is 0 Å². The van der Waals surface area contributed by atoms with Crippen molar-refractivity contribution in [1.29, 1.82) is 0 Å². The van der Waals surface area contributed by atoms with Gasteiger partial charge in [0.2, 0.25) is 0 Å². The van der Waals surface area contributed by atoms with E-state index >= 15 is 0 Å². The van der Waals surface area contributed by atoms with Crippen molar-refractivity contribution in [1.82, 2.24) is 0 Å². The lowest BCUT2D eigenvalue weighted by molar-refractivity contribution is -0.149. The Hall–Kier alpha value is -2.10. The van der Waals surface area contributed by atoms with E-state index in [2.05, 4.69) is 0 Å². The standard InChI is InChI=1S/C15H16O4/c1-18-15(17)12-9-5-6-10-13(12)19-14(16)11-7-3-2-4-8-11/h2-8,12-13H,9-10H2,1H3. The van der Waals surface area contributed by atoms with Crippen molar-refractivity contribution in [3.05, 3.63) is 48.0 Å². The van der Waals surface area contributed by atoms with E-state index in [1.807, 2.05) is 18.2 Å². The maximum atomic E-state index is 12.0. The van der Waals surface area contributed by atoms with Gasteiger partial charge in [0, 0.05) is 6.42 Å². The Balaban J connectivity index is 2.06. The van der Waals surface area contributed by atoms with Crippen LogP contribution in [0.2, 0.25) is 0 Å². The largest absolute Gasteiger partial charge is 0.469 e. The van der Waals surface area contributed by atoms with Gasteiger partial charge in [0.25, 0.3) is 0 Å². The second-order valence-electron chi connectivity index (χ2n) is 4.38. The molecule has 0 amide bonds. The lowest BCUT2D eigenvalue weighted by Gasteiger charge is -2.26.